The number of sulfonamides is 1. The van der Waals surface area contributed by atoms with Crippen molar-refractivity contribution in [2.75, 3.05) is 26.1 Å². The van der Waals surface area contributed by atoms with Gasteiger partial charge < -0.3 is 15.0 Å². The Labute approximate surface area is 194 Å². The van der Waals surface area contributed by atoms with E-state index in [0.29, 0.717) is 37.3 Å². The van der Waals surface area contributed by atoms with E-state index in [0.717, 1.165) is 5.56 Å². The fourth-order valence-electron chi connectivity index (χ4n) is 3.97. The zero-order chi connectivity index (χ0) is 24.2. The zero-order valence-corrected chi connectivity index (χ0v) is 20.2. The van der Waals surface area contributed by atoms with E-state index in [-0.39, 0.29) is 34.6 Å². The smallest absolute Gasteiger partial charge is 0.242 e. The molecule has 0 aliphatic heterocycles. The summed E-state index contributed by atoms with van der Waals surface area (Å²) in [6, 6.07) is 7.10. The minimum absolute atomic E-state index is 0.0666. The molecule has 1 aliphatic carbocycles. The molecule has 1 aliphatic rings. The van der Waals surface area contributed by atoms with Crippen molar-refractivity contribution in [2.24, 2.45) is 5.92 Å². The molecule has 33 heavy (non-hydrogen) atoms. The van der Waals surface area contributed by atoms with E-state index in [1.165, 1.54) is 31.5 Å². The maximum atomic E-state index is 13.1. The SMILES string of the molecule is COc1ncc(S(=O)(=O)NC2CCC(C(=O)NC(C)c3ccc(F)cc3)CC2)cc1N(C)C. The summed E-state index contributed by atoms with van der Waals surface area (Å²) in [6.07, 6.45) is 3.57. The van der Waals surface area contributed by atoms with Crippen LogP contribution in [0.25, 0.3) is 0 Å². The highest BCUT2D eigenvalue weighted by atomic mass is 32.2. The van der Waals surface area contributed by atoms with Crippen molar-refractivity contribution < 1.29 is 22.3 Å². The molecule has 8 nitrogen and oxygen atoms in total. The second kappa shape index (κ2) is 10.5. The quantitative estimate of drug-likeness (QED) is 0.605. The molecule has 2 N–H and O–H groups in total. The van der Waals surface area contributed by atoms with Crippen LogP contribution in [0.2, 0.25) is 0 Å². The van der Waals surface area contributed by atoms with Gasteiger partial charge in [-0.25, -0.2) is 22.5 Å². The molecule has 1 fully saturated rings. The van der Waals surface area contributed by atoms with Gasteiger partial charge in [0.1, 0.15) is 16.4 Å². The maximum absolute atomic E-state index is 13.1. The summed E-state index contributed by atoms with van der Waals surface area (Å²) in [5.41, 5.74) is 1.40. The molecule has 1 amide bonds. The van der Waals surface area contributed by atoms with Crippen molar-refractivity contribution in [3.8, 4) is 5.88 Å². The summed E-state index contributed by atoms with van der Waals surface area (Å²) >= 11 is 0. The largest absolute Gasteiger partial charge is 0.480 e. The first-order valence-corrected chi connectivity index (χ1v) is 12.4. The second-order valence-corrected chi connectivity index (χ2v) is 10.3. The number of carbonyl (C=O) groups excluding carboxylic acids is 1. The number of rotatable bonds is 8. The molecule has 1 unspecified atom stereocenters. The molecule has 3 rings (SSSR count). The number of nitrogens with zero attached hydrogens (tertiary/aromatic N) is 2. The molecular formula is C23H31FN4O4S. The number of pyridine rings is 1. The average Bonchev–Trinajstić information content (AvgIpc) is 2.79. The van der Waals surface area contributed by atoms with E-state index in [9.17, 15) is 17.6 Å². The number of methoxy groups -OCH3 is 1. The number of hydrogen-bond acceptors (Lipinski definition) is 6. The Morgan fingerprint density at radius 2 is 1.82 bits per heavy atom. The highest BCUT2D eigenvalue weighted by molar-refractivity contribution is 7.89. The van der Waals surface area contributed by atoms with Crippen molar-refractivity contribution in [3.63, 3.8) is 0 Å². The van der Waals surface area contributed by atoms with Gasteiger partial charge in [-0.1, -0.05) is 12.1 Å². The first kappa shape index (κ1) is 24.9. The highest BCUT2D eigenvalue weighted by Gasteiger charge is 2.30. The molecule has 0 spiro atoms. The summed E-state index contributed by atoms with van der Waals surface area (Å²) in [7, 11) is 1.29. The van der Waals surface area contributed by atoms with Crippen LogP contribution in [0, 0.1) is 11.7 Å². The van der Waals surface area contributed by atoms with Crippen LogP contribution in [0.5, 0.6) is 5.88 Å². The van der Waals surface area contributed by atoms with Gasteiger partial charge in [0.2, 0.25) is 21.8 Å². The van der Waals surface area contributed by atoms with Crippen LogP contribution in [0.15, 0.2) is 41.4 Å². The molecular weight excluding hydrogens is 447 g/mol. The fraction of sp³-hybridized carbons (Fsp3) is 0.478. The first-order valence-electron chi connectivity index (χ1n) is 10.9. The Kier molecular flexibility index (Phi) is 7.91. The summed E-state index contributed by atoms with van der Waals surface area (Å²) in [4.78, 5) is 18.6. The molecule has 2 aromatic rings. The van der Waals surface area contributed by atoms with Gasteiger partial charge in [-0.15, -0.1) is 0 Å². The summed E-state index contributed by atoms with van der Waals surface area (Å²) in [5.74, 6) is -0.221. The Bertz CT molecular complexity index is 1070. The van der Waals surface area contributed by atoms with Gasteiger partial charge in [-0.2, -0.15) is 0 Å². The maximum Gasteiger partial charge on any atom is 0.242 e. The second-order valence-electron chi connectivity index (χ2n) is 8.55. The fourth-order valence-corrected chi connectivity index (χ4v) is 5.24. The van der Waals surface area contributed by atoms with Crippen LogP contribution >= 0.6 is 0 Å². The standard InChI is InChI=1S/C23H31FN4O4S/c1-15(16-5-9-18(24)10-6-16)26-22(29)17-7-11-19(12-8-17)27-33(30,31)20-13-21(28(2)3)23(32-4)25-14-20/h5-6,9-10,13-15,17,19,27H,7-8,11-12H2,1-4H3,(H,26,29). The third kappa shape index (κ3) is 6.20. The lowest BCUT2D eigenvalue weighted by Crippen LogP contribution is -2.41. The number of anilines is 1. The highest BCUT2D eigenvalue weighted by Crippen LogP contribution is 2.29. The van der Waals surface area contributed by atoms with E-state index in [1.54, 1.807) is 31.1 Å². The van der Waals surface area contributed by atoms with Crippen molar-refractivity contribution >= 4 is 21.6 Å². The Balaban J connectivity index is 1.56. The number of aromatic nitrogens is 1. The lowest BCUT2D eigenvalue weighted by molar-refractivity contribution is -0.126. The molecule has 1 atom stereocenters. The molecule has 10 heteroatoms. The van der Waals surface area contributed by atoms with Gasteiger partial charge in [0.05, 0.1) is 19.3 Å². The molecule has 180 valence electrons. The summed E-state index contributed by atoms with van der Waals surface area (Å²) < 4.78 is 46.9. The van der Waals surface area contributed by atoms with Gasteiger partial charge in [-0.3, -0.25) is 4.79 Å². The van der Waals surface area contributed by atoms with Crippen LogP contribution in [-0.4, -0.2) is 46.6 Å². The third-order valence-corrected chi connectivity index (χ3v) is 7.43. The molecule has 1 heterocycles. The number of amides is 1. The summed E-state index contributed by atoms with van der Waals surface area (Å²) in [6.45, 7) is 1.86. The van der Waals surface area contributed by atoms with E-state index < -0.39 is 10.0 Å². The topological polar surface area (TPSA) is 101 Å². The minimum Gasteiger partial charge on any atom is -0.480 e. The van der Waals surface area contributed by atoms with Crippen molar-refractivity contribution in [1.82, 2.24) is 15.0 Å². The number of carbonyl (C=O) groups is 1. The molecule has 0 radical (unpaired) electrons. The third-order valence-electron chi connectivity index (χ3n) is 5.94. The van der Waals surface area contributed by atoms with Crippen LogP contribution in [-0.2, 0) is 14.8 Å². The van der Waals surface area contributed by atoms with E-state index in [1.807, 2.05) is 6.92 Å². The molecule has 0 saturated heterocycles. The van der Waals surface area contributed by atoms with E-state index in [2.05, 4.69) is 15.0 Å². The van der Waals surface area contributed by atoms with Gasteiger partial charge in [0.25, 0.3) is 0 Å². The van der Waals surface area contributed by atoms with Crippen molar-refractivity contribution in [1.29, 1.82) is 0 Å². The predicted octanol–water partition coefficient (Wildman–Crippen LogP) is 3.01. The average molecular weight is 479 g/mol. The van der Waals surface area contributed by atoms with Crippen LogP contribution in [0.1, 0.15) is 44.2 Å². The number of ether oxygens (including phenoxy) is 1. The number of hydrogen-bond donors (Lipinski definition) is 2. The van der Waals surface area contributed by atoms with E-state index in [4.69, 9.17) is 4.74 Å². The van der Waals surface area contributed by atoms with Crippen molar-refractivity contribution in [2.45, 2.75) is 49.6 Å². The monoisotopic (exact) mass is 478 g/mol. The van der Waals surface area contributed by atoms with Crippen LogP contribution in [0.3, 0.4) is 0 Å². The number of benzene rings is 1. The Morgan fingerprint density at radius 3 is 2.39 bits per heavy atom. The Hall–Kier alpha value is -2.72. The van der Waals surface area contributed by atoms with Crippen molar-refractivity contribution in [3.05, 3.63) is 47.9 Å². The van der Waals surface area contributed by atoms with Gasteiger partial charge in [0.15, 0.2) is 0 Å². The molecule has 0 bridgehead atoms. The summed E-state index contributed by atoms with van der Waals surface area (Å²) in [5, 5.41) is 2.98. The predicted molar refractivity (Wildman–Crippen MR) is 124 cm³/mol. The van der Waals surface area contributed by atoms with Gasteiger partial charge in [-0.05, 0) is 56.4 Å². The minimum atomic E-state index is -3.76. The first-order chi connectivity index (χ1) is 15.6. The lowest BCUT2D eigenvalue weighted by Gasteiger charge is -2.29. The lowest BCUT2D eigenvalue weighted by atomic mass is 9.85. The van der Waals surface area contributed by atoms with Gasteiger partial charge >= 0.3 is 0 Å². The Morgan fingerprint density at radius 1 is 1.18 bits per heavy atom. The molecule has 1 saturated carbocycles. The van der Waals surface area contributed by atoms with Gasteiger partial charge in [0, 0.05) is 26.1 Å². The number of nitrogens with one attached hydrogen (secondary N) is 2. The zero-order valence-electron chi connectivity index (χ0n) is 19.3. The van der Waals surface area contributed by atoms with Crippen LogP contribution < -0.4 is 19.7 Å². The van der Waals surface area contributed by atoms with Crippen LogP contribution in [0.4, 0.5) is 10.1 Å². The van der Waals surface area contributed by atoms with E-state index >= 15 is 0 Å². The number of halogens is 1. The molecule has 1 aromatic carbocycles. The normalized spacial score (nSPS) is 19.5. The molecule has 1 aromatic heterocycles.